The number of hydrogen-bond donors (Lipinski definition) is 2. The second kappa shape index (κ2) is 8.83. The lowest BCUT2D eigenvalue weighted by Gasteiger charge is -2.32. The lowest BCUT2D eigenvalue weighted by molar-refractivity contribution is -0.924. The molecule has 0 spiro atoms. The molecule has 3 N–H and O–H groups in total. The predicted molar refractivity (Wildman–Crippen MR) is 117 cm³/mol. The molecule has 0 bridgehead atoms. The van der Waals surface area contributed by atoms with E-state index in [1.807, 2.05) is 6.07 Å². The number of benzene rings is 3. The van der Waals surface area contributed by atoms with E-state index < -0.39 is 11.9 Å². The Kier molecular flexibility index (Phi) is 5.78. The smallest absolute Gasteiger partial charge is 0.382 e. The van der Waals surface area contributed by atoms with Crippen molar-refractivity contribution in [3.05, 3.63) is 102 Å². The summed E-state index contributed by atoms with van der Waals surface area (Å²) >= 11 is 0. The number of carbonyl (C=O) groups is 2. The maximum atomic E-state index is 13.5. The minimum absolute atomic E-state index is 0.186. The molecule has 1 aliphatic rings. The fourth-order valence-electron chi connectivity index (χ4n) is 3.67. The molecule has 0 radical (unpaired) electrons. The third-order valence-electron chi connectivity index (χ3n) is 5.16. The average molecular weight is 430 g/mol. The van der Waals surface area contributed by atoms with Crippen molar-refractivity contribution in [1.82, 2.24) is 5.12 Å². The van der Waals surface area contributed by atoms with Gasteiger partial charge < -0.3 is 15.6 Å². The molecule has 0 saturated carbocycles. The number of hydrogen-bond acceptors (Lipinski definition) is 5. The van der Waals surface area contributed by atoms with E-state index in [-0.39, 0.29) is 23.0 Å². The molecule has 1 aliphatic heterocycles. The Morgan fingerprint density at radius 2 is 1.53 bits per heavy atom. The molecule has 0 saturated heterocycles. The van der Waals surface area contributed by atoms with Crippen molar-refractivity contribution in [3.8, 4) is 5.75 Å². The van der Waals surface area contributed by atoms with Crippen LogP contribution < -0.4 is 25.6 Å². The van der Waals surface area contributed by atoms with Gasteiger partial charge in [0.25, 0.3) is 0 Å². The number of ketones is 1. The molecule has 0 aliphatic carbocycles. The summed E-state index contributed by atoms with van der Waals surface area (Å²) in [5.74, 6) is -0.0698. The largest absolute Gasteiger partial charge is 0.854 e. The molecule has 0 aromatic heterocycles. The van der Waals surface area contributed by atoms with Crippen LogP contribution in [0.3, 0.4) is 0 Å². The van der Waals surface area contributed by atoms with Gasteiger partial charge >= 0.3 is 6.03 Å². The lowest BCUT2D eigenvalue weighted by Crippen LogP contribution is -3.17. The number of urea groups is 1. The standard InChI is InChI=1S/C24H22N4O4/c1-32-20-14-12-17(13-15-20)21(29)16-26-22(18-8-4-2-5-9-18)23(30)27(28(26)24(25)31)19-10-6-3-7-11-19/h2-15,30H,16H2,1H3,(H2,25,31). The first kappa shape index (κ1) is 21.0. The van der Waals surface area contributed by atoms with Crippen LogP contribution in [0.4, 0.5) is 10.5 Å². The lowest BCUT2D eigenvalue weighted by atomic mass is 10.1. The van der Waals surface area contributed by atoms with Crippen molar-refractivity contribution in [2.45, 2.75) is 0 Å². The topological polar surface area (TPSA) is 103 Å². The van der Waals surface area contributed by atoms with Crippen LogP contribution in [-0.4, -0.2) is 30.6 Å². The Morgan fingerprint density at radius 3 is 2.09 bits per heavy atom. The zero-order valence-corrected chi connectivity index (χ0v) is 17.4. The molecule has 32 heavy (non-hydrogen) atoms. The zero-order valence-electron chi connectivity index (χ0n) is 17.4. The highest BCUT2D eigenvalue weighted by molar-refractivity contribution is 5.97. The second-order valence-corrected chi connectivity index (χ2v) is 7.12. The number of primary amides is 1. The fourth-order valence-corrected chi connectivity index (χ4v) is 3.67. The molecular formula is C24H22N4O4. The highest BCUT2D eigenvalue weighted by atomic mass is 16.5. The van der Waals surface area contributed by atoms with Gasteiger partial charge in [-0.05, 0) is 48.5 Å². The third-order valence-corrected chi connectivity index (χ3v) is 5.16. The van der Waals surface area contributed by atoms with Crippen molar-refractivity contribution in [2.75, 3.05) is 18.7 Å². The van der Waals surface area contributed by atoms with Crippen LogP contribution in [0.2, 0.25) is 0 Å². The predicted octanol–water partition coefficient (Wildman–Crippen LogP) is 1.18. The Morgan fingerprint density at radius 1 is 0.938 bits per heavy atom. The molecule has 2 amide bonds. The zero-order chi connectivity index (χ0) is 22.7. The molecule has 8 heteroatoms. The number of methoxy groups -OCH3 is 1. The van der Waals surface area contributed by atoms with Crippen molar-refractivity contribution in [2.24, 2.45) is 5.73 Å². The van der Waals surface area contributed by atoms with E-state index in [2.05, 4.69) is 0 Å². The van der Waals surface area contributed by atoms with E-state index in [0.717, 1.165) is 5.12 Å². The Bertz CT molecular complexity index is 1150. The second-order valence-electron chi connectivity index (χ2n) is 7.12. The summed E-state index contributed by atoms with van der Waals surface area (Å²) in [6.45, 7) is -0.186. The van der Waals surface area contributed by atoms with Crippen LogP contribution in [0.25, 0.3) is 5.70 Å². The van der Waals surface area contributed by atoms with E-state index in [9.17, 15) is 14.7 Å². The fraction of sp³-hybridized carbons (Fsp3) is 0.0833. The Labute approximate surface area is 185 Å². The highest BCUT2D eigenvalue weighted by Gasteiger charge is 2.43. The maximum absolute atomic E-state index is 13.5. The number of rotatable bonds is 6. The van der Waals surface area contributed by atoms with Crippen molar-refractivity contribution < 1.29 is 24.4 Å². The van der Waals surface area contributed by atoms with Gasteiger partial charge in [0, 0.05) is 11.1 Å². The van der Waals surface area contributed by atoms with Gasteiger partial charge in [-0.15, -0.1) is 0 Å². The van der Waals surface area contributed by atoms with Gasteiger partial charge in [0.1, 0.15) is 5.75 Å². The molecule has 8 nitrogen and oxygen atoms in total. The number of carbonyl (C=O) groups excluding carboxylic acids is 2. The number of quaternary nitrogens is 1. The van der Waals surface area contributed by atoms with Crippen LogP contribution in [0.15, 0.2) is 90.8 Å². The summed E-state index contributed by atoms with van der Waals surface area (Å²) in [5.41, 5.74) is 7.46. The molecular weight excluding hydrogens is 408 g/mol. The first-order chi connectivity index (χ1) is 15.5. The minimum Gasteiger partial charge on any atom is -0.854 e. The number of nitrogens with zero attached hydrogens (tertiary/aromatic N) is 2. The quantitative estimate of drug-likeness (QED) is 0.572. The number of nitrogens with one attached hydrogen (secondary N) is 1. The summed E-state index contributed by atoms with van der Waals surface area (Å²) in [4.78, 5) is 25.6. The van der Waals surface area contributed by atoms with Gasteiger partial charge in [0.05, 0.1) is 18.7 Å². The van der Waals surface area contributed by atoms with Crippen LogP contribution in [0.1, 0.15) is 15.9 Å². The Balaban J connectivity index is 1.78. The number of para-hydroxylation sites is 1. The Hall–Kier alpha value is -4.30. The van der Waals surface area contributed by atoms with Gasteiger partial charge in [-0.2, -0.15) is 5.01 Å². The first-order valence-corrected chi connectivity index (χ1v) is 9.96. The molecule has 0 fully saturated rings. The van der Waals surface area contributed by atoms with Gasteiger partial charge in [0.15, 0.2) is 12.2 Å². The number of ether oxygens (including phenoxy) is 1. The van der Waals surface area contributed by atoms with Crippen molar-refractivity contribution in [1.29, 1.82) is 0 Å². The summed E-state index contributed by atoms with van der Waals surface area (Å²) in [6, 6.07) is 23.4. The van der Waals surface area contributed by atoms with E-state index >= 15 is 0 Å². The molecule has 1 atom stereocenters. The summed E-state index contributed by atoms with van der Waals surface area (Å²) in [5, 5.41) is 16.1. The van der Waals surface area contributed by atoms with E-state index in [4.69, 9.17) is 10.5 Å². The number of anilines is 1. The number of nitrogens with two attached hydrogens (primary N) is 1. The van der Waals surface area contributed by atoms with E-state index in [1.165, 1.54) is 5.01 Å². The number of Topliss-reactive ketones (excluding diaryl/α,β-unsaturated/α-hetero) is 1. The monoisotopic (exact) mass is 430 g/mol. The molecule has 1 unspecified atom stereocenters. The van der Waals surface area contributed by atoms with Crippen molar-refractivity contribution >= 4 is 23.2 Å². The molecule has 3 aromatic rings. The van der Waals surface area contributed by atoms with Crippen LogP contribution in [0.5, 0.6) is 5.75 Å². The van der Waals surface area contributed by atoms with Crippen LogP contribution in [0, 0.1) is 0 Å². The summed E-state index contributed by atoms with van der Waals surface area (Å²) < 4.78 is 5.14. The average Bonchev–Trinajstić information content (AvgIpc) is 3.12. The SMILES string of the molecule is COc1ccc(C(=O)C[NH+]2C(c3ccccc3)=C([O-])N(c3ccccc3)N2C(N)=O)cc1. The summed E-state index contributed by atoms with van der Waals surface area (Å²) in [6.07, 6.45) is 0. The maximum Gasteiger partial charge on any atom is 0.382 e. The third kappa shape index (κ3) is 3.86. The molecule has 162 valence electrons. The molecule has 4 rings (SSSR count). The van der Waals surface area contributed by atoms with Crippen molar-refractivity contribution in [3.63, 3.8) is 0 Å². The van der Waals surface area contributed by atoms with Gasteiger partial charge in [-0.1, -0.05) is 41.5 Å². The number of hydrazine groups is 1. The van der Waals surface area contributed by atoms with Gasteiger partial charge in [-0.25, -0.2) is 9.80 Å². The summed E-state index contributed by atoms with van der Waals surface area (Å²) in [7, 11) is 1.54. The van der Waals surface area contributed by atoms with Crippen LogP contribution in [-0.2, 0) is 0 Å². The first-order valence-electron chi connectivity index (χ1n) is 9.96. The highest BCUT2D eigenvalue weighted by Crippen LogP contribution is 2.26. The van der Waals surface area contributed by atoms with Gasteiger partial charge in [0.2, 0.25) is 5.78 Å². The van der Waals surface area contributed by atoms with Gasteiger partial charge in [-0.3, -0.25) is 4.79 Å². The molecule has 3 aromatic carbocycles. The van der Waals surface area contributed by atoms with Crippen LogP contribution >= 0.6 is 0 Å². The van der Waals surface area contributed by atoms with E-state index in [1.54, 1.807) is 86.0 Å². The number of amides is 2. The minimum atomic E-state index is -0.856. The molecule has 1 heterocycles. The normalized spacial score (nSPS) is 15.7. The van der Waals surface area contributed by atoms with E-state index in [0.29, 0.717) is 22.6 Å².